The lowest BCUT2D eigenvalue weighted by atomic mass is 10.1. The topological polar surface area (TPSA) is 143 Å². The molecule has 11 heteroatoms. The number of non-ortho nitro benzene ring substituents is 1. The quantitative estimate of drug-likeness (QED) is 0.114. The number of nitriles is 1. The fraction of sp³-hybridized carbons (Fsp3) is 0.0769. The Kier molecular flexibility index (Phi) is 6.65. The molecule has 37 heavy (non-hydrogen) atoms. The van der Waals surface area contributed by atoms with Crippen LogP contribution in [0, 0.1) is 21.4 Å². The molecule has 10 nitrogen and oxygen atoms in total. The van der Waals surface area contributed by atoms with Crippen molar-refractivity contribution in [2.75, 3.05) is 12.4 Å². The van der Waals surface area contributed by atoms with E-state index in [-0.39, 0.29) is 11.3 Å². The molecule has 0 radical (unpaired) electrons. The fourth-order valence-electron chi connectivity index (χ4n) is 3.67. The average Bonchev–Trinajstić information content (AvgIpc) is 3.35. The number of nitrogens with one attached hydrogen (secondary N) is 2. The second-order valence-electron chi connectivity index (χ2n) is 7.84. The van der Waals surface area contributed by atoms with Gasteiger partial charge in [-0.05, 0) is 48.5 Å². The molecular formula is C26H19N7O3S. The number of H-pyrrole nitrogens is 1. The van der Waals surface area contributed by atoms with Gasteiger partial charge in [0.25, 0.3) is 5.69 Å². The SMILES string of the molecule is COc1ccc(-c2nc(SCc3nc4ccccc4[nH]3)nc(Nc3ccc([N+](=O)[O-])cc3)c2C#N)cc1. The lowest BCUT2D eigenvalue weighted by Gasteiger charge is -2.13. The molecule has 5 aromatic rings. The van der Waals surface area contributed by atoms with Crippen LogP contribution < -0.4 is 10.1 Å². The Hall–Kier alpha value is -4.95. The zero-order chi connectivity index (χ0) is 25.8. The molecule has 0 aliphatic carbocycles. The molecule has 0 saturated heterocycles. The molecule has 5 rings (SSSR count). The van der Waals surface area contributed by atoms with Crippen LogP contribution in [-0.4, -0.2) is 32.0 Å². The van der Waals surface area contributed by atoms with E-state index >= 15 is 0 Å². The number of imidazole rings is 1. The molecule has 2 N–H and O–H groups in total. The molecule has 0 amide bonds. The highest BCUT2D eigenvalue weighted by atomic mass is 32.2. The van der Waals surface area contributed by atoms with E-state index in [1.54, 1.807) is 31.4 Å². The van der Waals surface area contributed by atoms with Crippen molar-refractivity contribution >= 4 is 40.0 Å². The number of ether oxygens (including phenoxy) is 1. The van der Waals surface area contributed by atoms with Gasteiger partial charge in [0.1, 0.15) is 23.2 Å². The standard InChI is InChI=1S/C26H19N7O3S/c1-36-19-12-6-16(7-13-19)24-20(14-27)25(28-17-8-10-18(11-9-17)33(34)35)32-26(31-24)37-15-23-29-21-4-2-3-5-22(21)30-23/h2-13H,15H2,1H3,(H,29,30)(H,28,31,32). The maximum absolute atomic E-state index is 11.0. The second-order valence-corrected chi connectivity index (χ2v) is 8.78. The van der Waals surface area contributed by atoms with Crippen LogP contribution in [0.4, 0.5) is 17.2 Å². The third-order valence-electron chi connectivity index (χ3n) is 5.48. The van der Waals surface area contributed by atoms with Crippen LogP contribution in [0.25, 0.3) is 22.3 Å². The summed E-state index contributed by atoms with van der Waals surface area (Å²) in [6.45, 7) is 0. The summed E-state index contributed by atoms with van der Waals surface area (Å²) in [6, 6.07) is 23.1. The number of hydrogen-bond donors (Lipinski definition) is 2. The van der Waals surface area contributed by atoms with Crippen molar-refractivity contribution in [1.29, 1.82) is 5.26 Å². The van der Waals surface area contributed by atoms with Gasteiger partial charge in [-0.15, -0.1) is 0 Å². The van der Waals surface area contributed by atoms with Crippen LogP contribution in [0.1, 0.15) is 11.4 Å². The molecular weight excluding hydrogens is 490 g/mol. The maximum Gasteiger partial charge on any atom is 0.269 e. The number of fused-ring (bicyclic) bond motifs is 1. The number of benzene rings is 3. The number of nitro benzene ring substituents is 1. The minimum absolute atomic E-state index is 0.0326. The number of hydrogen-bond acceptors (Lipinski definition) is 9. The predicted molar refractivity (Wildman–Crippen MR) is 141 cm³/mol. The van der Waals surface area contributed by atoms with Gasteiger partial charge < -0.3 is 15.0 Å². The number of nitro groups is 1. The van der Waals surface area contributed by atoms with E-state index in [0.29, 0.717) is 33.9 Å². The summed E-state index contributed by atoms with van der Waals surface area (Å²) in [5, 5.41) is 24.6. The summed E-state index contributed by atoms with van der Waals surface area (Å²) in [5.74, 6) is 2.24. The summed E-state index contributed by atoms with van der Waals surface area (Å²) >= 11 is 1.38. The van der Waals surface area contributed by atoms with E-state index in [0.717, 1.165) is 22.4 Å². The molecule has 0 fully saturated rings. The fourth-order valence-corrected chi connectivity index (χ4v) is 4.38. The van der Waals surface area contributed by atoms with Crippen LogP contribution in [0.15, 0.2) is 78.0 Å². The zero-order valence-electron chi connectivity index (χ0n) is 19.5. The lowest BCUT2D eigenvalue weighted by Crippen LogP contribution is -2.04. The number of aromatic nitrogens is 4. The molecule has 0 atom stereocenters. The third kappa shape index (κ3) is 5.19. The van der Waals surface area contributed by atoms with Crippen molar-refractivity contribution in [3.63, 3.8) is 0 Å². The number of nitrogens with zero attached hydrogens (tertiary/aromatic N) is 5. The van der Waals surface area contributed by atoms with Crippen molar-refractivity contribution in [2.24, 2.45) is 0 Å². The summed E-state index contributed by atoms with van der Waals surface area (Å²) < 4.78 is 5.25. The number of thioether (sulfide) groups is 1. The zero-order valence-corrected chi connectivity index (χ0v) is 20.3. The Morgan fingerprint density at radius 3 is 2.49 bits per heavy atom. The Bertz CT molecular complexity index is 1590. The highest BCUT2D eigenvalue weighted by Gasteiger charge is 2.18. The van der Waals surface area contributed by atoms with E-state index in [4.69, 9.17) is 9.72 Å². The first-order valence-corrected chi connectivity index (χ1v) is 12.1. The van der Waals surface area contributed by atoms with Crippen molar-refractivity contribution in [2.45, 2.75) is 10.9 Å². The molecule has 0 bridgehead atoms. The smallest absolute Gasteiger partial charge is 0.269 e. The Morgan fingerprint density at radius 1 is 1.05 bits per heavy atom. The molecule has 2 aromatic heterocycles. The van der Waals surface area contributed by atoms with Gasteiger partial charge in [0.2, 0.25) is 0 Å². The average molecular weight is 510 g/mol. The van der Waals surface area contributed by atoms with Gasteiger partial charge in [-0.25, -0.2) is 15.0 Å². The predicted octanol–water partition coefficient (Wildman–Crippen LogP) is 5.84. The van der Waals surface area contributed by atoms with E-state index in [1.165, 1.54) is 23.9 Å². The Labute approximate surface area is 215 Å². The number of methoxy groups -OCH3 is 1. The minimum Gasteiger partial charge on any atom is -0.497 e. The molecule has 0 saturated carbocycles. The van der Waals surface area contributed by atoms with Crippen LogP contribution in [0.5, 0.6) is 5.75 Å². The maximum atomic E-state index is 11.0. The molecule has 182 valence electrons. The van der Waals surface area contributed by atoms with Gasteiger partial charge in [-0.3, -0.25) is 10.1 Å². The van der Waals surface area contributed by atoms with E-state index < -0.39 is 4.92 Å². The van der Waals surface area contributed by atoms with Crippen LogP contribution in [-0.2, 0) is 5.75 Å². The number of anilines is 2. The molecule has 0 spiro atoms. The molecule has 3 aromatic carbocycles. The number of rotatable bonds is 8. The third-order valence-corrected chi connectivity index (χ3v) is 6.34. The minimum atomic E-state index is -0.468. The van der Waals surface area contributed by atoms with E-state index in [9.17, 15) is 15.4 Å². The van der Waals surface area contributed by atoms with Crippen LogP contribution in [0.2, 0.25) is 0 Å². The first-order valence-electron chi connectivity index (χ1n) is 11.1. The number of para-hydroxylation sites is 2. The normalized spacial score (nSPS) is 10.7. The molecule has 0 aliphatic heterocycles. The van der Waals surface area contributed by atoms with Crippen molar-refractivity contribution in [3.05, 3.63) is 94.3 Å². The molecule has 0 unspecified atom stereocenters. The highest BCUT2D eigenvalue weighted by Crippen LogP contribution is 2.32. The Morgan fingerprint density at radius 2 is 1.81 bits per heavy atom. The van der Waals surface area contributed by atoms with Crippen molar-refractivity contribution in [1.82, 2.24) is 19.9 Å². The first kappa shape index (κ1) is 23.8. The van der Waals surface area contributed by atoms with E-state index in [2.05, 4.69) is 26.3 Å². The summed E-state index contributed by atoms with van der Waals surface area (Å²) in [6.07, 6.45) is 0. The van der Waals surface area contributed by atoms with Crippen LogP contribution >= 0.6 is 11.8 Å². The molecule has 0 aliphatic rings. The van der Waals surface area contributed by atoms with Gasteiger partial charge in [0.05, 0.1) is 34.5 Å². The van der Waals surface area contributed by atoms with Gasteiger partial charge >= 0.3 is 0 Å². The monoisotopic (exact) mass is 509 g/mol. The van der Waals surface area contributed by atoms with Crippen LogP contribution in [0.3, 0.4) is 0 Å². The Balaban J connectivity index is 1.52. The van der Waals surface area contributed by atoms with Gasteiger partial charge in [-0.2, -0.15) is 5.26 Å². The van der Waals surface area contributed by atoms with Gasteiger partial charge in [-0.1, -0.05) is 23.9 Å². The number of aromatic amines is 1. The summed E-state index contributed by atoms with van der Waals surface area (Å²) in [4.78, 5) is 27.7. The summed E-state index contributed by atoms with van der Waals surface area (Å²) in [5.41, 5.74) is 3.76. The van der Waals surface area contributed by atoms with Gasteiger partial charge in [0.15, 0.2) is 11.0 Å². The van der Waals surface area contributed by atoms with Crippen molar-refractivity contribution < 1.29 is 9.66 Å². The van der Waals surface area contributed by atoms with E-state index in [1.807, 2.05) is 36.4 Å². The first-order chi connectivity index (χ1) is 18.0. The second kappa shape index (κ2) is 10.3. The van der Waals surface area contributed by atoms with Crippen molar-refractivity contribution in [3.8, 4) is 23.1 Å². The lowest BCUT2D eigenvalue weighted by molar-refractivity contribution is -0.384. The largest absolute Gasteiger partial charge is 0.497 e. The highest BCUT2D eigenvalue weighted by molar-refractivity contribution is 7.98. The summed E-state index contributed by atoms with van der Waals surface area (Å²) in [7, 11) is 1.58. The molecule has 2 heterocycles. The van der Waals surface area contributed by atoms with Gasteiger partial charge in [0, 0.05) is 23.4 Å².